The molecule has 4 aliphatic carbocycles. The van der Waals surface area contributed by atoms with Crippen LogP contribution in [0.4, 0.5) is 4.79 Å². The first-order chi connectivity index (χ1) is 16.0. The van der Waals surface area contributed by atoms with Crippen molar-refractivity contribution >= 4 is 17.7 Å². The quantitative estimate of drug-likeness (QED) is 0.564. The summed E-state index contributed by atoms with van der Waals surface area (Å²) in [4.78, 5) is 37.9. The molecule has 0 aromatic carbocycles. The van der Waals surface area contributed by atoms with Crippen molar-refractivity contribution in [3.8, 4) is 0 Å². The van der Waals surface area contributed by atoms with Crippen molar-refractivity contribution in [3.05, 3.63) is 23.8 Å². The third-order valence-electron chi connectivity index (χ3n) is 9.65. The molecule has 0 heterocycles. The molecule has 0 radical (unpaired) electrons. The molecule has 3 fully saturated rings. The minimum Gasteiger partial charge on any atom is -0.434 e. The summed E-state index contributed by atoms with van der Waals surface area (Å²) in [7, 11) is 0. The van der Waals surface area contributed by atoms with Crippen LogP contribution < -0.4 is 0 Å². The van der Waals surface area contributed by atoms with E-state index in [2.05, 4.69) is 6.92 Å². The topological polar surface area (TPSA) is 110 Å². The molecule has 2 N–H and O–H groups in total. The predicted octanol–water partition coefficient (Wildman–Crippen LogP) is 3.76. The van der Waals surface area contributed by atoms with Gasteiger partial charge < -0.3 is 19.7 Å². The van der Waals surface area contributed by atoms with Crippen molar-refractivity contribution in [1.82, 2.24) is 0 Å². The molecule has 0 amide bonds. The fourth-order valence-corrected chi connectivity index (χ4v) is 7.62. The Morgan fingerprint density at radius 2 is 2.00 bits per heavy atom. The van der Waals surface area contributed by atoms with Crippen LogP contribution in [-0.2, 0) is 19.1 Å². The van der Waals surface area contributed by atoms with Gasteiger partial charge in [-0.25, -0.2) is 4.79 Å². The van der Waals surface area contributed by atoms with E-state index in [4.69, 9.17) is 9.47 Å². The molecule has 0 spiro atoms. The van der Waals surface area contributed by atoms with Crippen molar-refractivity contribution in [2.75, 3.05) is 13.2 Å². The highest BCUT2D eigenvalue weighted by atomic mass is 16.7. The second kappa shape index (κ2) is 8.90. The first-order valence-electron chi connectivity index (χ1n) is 12.6. The van der Waals surface area contributed by atoms with Crippen LogP contribution >= 0.6 is 0 Å². The molecule has 4 aliphatic rings. The molecule has 8 atom stereocenters. The van der Waals surface area contributed by atoms with Crippen LogP contribution in [0, 0.1) is 34.5 Å². The van der Waals surface area contributed by atoms with E-state index in [1.54, 1.807) is 12.2 Å². The summed E-state index contributed by atoms with van der Waals surface area (Å²) in [6, 6.07) is 0. The second-order valence-corrected chi connectivity index (χ2v) is 11.3. The average molecular weight is 475 g/mol. The standard InChI is InChI=1S/C27H38O7/c1-5-16(2)15-33-24(32)34-27(22(31)14-28)11-9-20-19-7-6-17-12-18(29)8-10-25(17,3)23(19)21(30)13-26(20,27)4/h8,10,12,16,19-21,23,28,30H,5-7,9,11,13-15H2,1-4H3/t16?,19-,20-,21?,23+,25-,26-,27-/m0/s1. The predicted molar refractivity (Wildman–Crippen MR) is 125 cm³/mol. The fraction of sp³-hybridized carbons (Fsp3) is 0.741. The Balaban J connectivity index is 1.66. The maximum Gasteiger partial charge on any atom is 0.509 e. The number of allylic oxidation sites excluding steroid dienone is 4. The lowest BCUT2D eigenvalue weighted by atomic mass is 9.46. The Morgan fingerprint density at radius 1 is 1.26 bits per heavy atom. The van der Waals surface area contributed by atoms with Crippen LogP contribution in [0.2, 0.25) is 0 Å². The Labute approximate surface area is 201 Å². The summed E-state index contributed by atoms with van der Waals surface area (Å²) < 4.78 is 11.2. The molecular formula is C27H38O7. The van der Waals surface area contributed by atoms with E-state index in [0.29, 0.717) is 12.8 Å². The second-order valence-electron chi connectivity index (χ2n) is 11.3. The highest BCUT2D eigenvalue weighted by Gasteiger charge is 2.70. The van der Waals surface area contributed by atoms with E-state index >= 15 is 0 Å². The van der Waals surface area contributed by atoms with Crippen LogP contribution in [0.1, 0.15) is 66.2 Å². The van der Waals surface area contributed by atoms with Crippen LogP contribution in [0.15, 0.2) is 23.8 Å². The minimum atomic E-state index is -1.53. The highest BCUT2D eigenvalue weighted by Crippen LogP contribution is 2.67. The van der Waals surface area contributed by atoms with Gasteiger partial charge in [0.25, 0.3) is 0 Å². The Morgan fingerprint density at radius 3 is 2.68 bits per heavy atom. The van der Waals surface area contributed by atoms with Crippen molar-refractivity contribution in [2.45, 2.75) is 77.9 Å². The lowest BCUT2D eigenvalue weighted by molar-refractivity contribution is -0.183. The molecule has 0 aliphatic heterocycles. The molecule has 0 aromatic rings. The number of Topliss-reactive ketones (excluding diaryl/α,β-unsaturated/α-hetero) is 1. The summed E-state index contributed by atoms with van der Waals surface area (Å²) in [6.45, 7) is 7.44. The zero-order valence-electron chi connectivity index (χ0n) is 20.7. The van der Waals surface area contributed by atoms with E-state index in [0.717, 1.165) is 24.8 Å². The first kappa shape index (κ1) is 25.1. The first-order valence-corrected chi connectivity index (χ1v) is 12.6. The number of fused-ring (bicyclic) bond motifs is 5. The largest absolute Gasteiger partial charge is 0.509 e. The molecular weight excluding hydrogens is 436 g/mol. The molecule has 188 valence electrons. The third-order valence-corrected chi connectivity index (χ3v) is 9.65. The lowest BCUT2D eigenvalue weighted by Gasteiger charge is -2.59. The van der Waals surface area contributed by atoms with Gasteiger partial charge in [0, 0.05) is 16.7 Å². The molecule has 4 rings (SSSR count). The molecule has 0 bridgehead atoms. The van der Waals surface area contributed by atoms with Gasteiger partial charge in [0.15, 0.2) is 11.4 Å². The van der Waals surface area contributed by atoms with Gasteiger partial charge in [-0.3, -0.25) is 9.59 Å². The highest BCUT2D eigenvalue weighted by molar-refractivity contribution is 6.01. The molecule has 34 heavy (non-hydrogen) atoms. The van der Waals surface area contributed by atoms with Crippen molar-refractivity contribution in [3.63, 3.8) is 0 Å². The SMILES string of the molecule is CCC(C)COC(=O)O[C@]1(C(=O)CO)CC[C@H]2[C@@H]3CCC4=CC(=O)C=C[C@]4(C)[C@H]3C(O)C[C@@]21C. The Hall–Kier alpha value is -1.99. The summed E-state index contributed by atoms with van der Waals surface area (Å²) in [5.74, 6) is -0.340. The Bertz CT molecular complexity index is 922. The lowest BCUT2D eigenvalue weighted by Crippen LogP contribution is -2.63. The summed E-state index contributed by atoms with van der Waals surface area (Å²) >= 11 is 0. The molecule has 7 heteroatoms. The fourth-order valence-electron chi connectivity index (χ4n) is 7.62. The van der Waals surface area contributed by atoms with Gasteiger partial charge in [0.1, 0.15) is 6.61 Å². The number of hydrogen-bond acceptors (Lipinski definition) is 7. The van der Waals surface area contributed by atoms with E-state index in [-0.39, 0.29) is 42.5 Å². The monoisotopic (exact) mass is 474 g/mol. The molecule has 2 unspecified atom stereocenters. The zero-order valence-corrected chi connectivity index (χ0v) is 20.7. The van der Waals surface area contributed by atoms with Crippen LogP contribution in [0.5, 0.6) is 0 Å². The maximum atomic E-state index is 13.2. The number of rotatable bonds is 6. The third kappa shape index (κ3) is 3.67. The van der Waals surface area contributed by atoms with Crippen LogP contribution in [0.3, 0.4) is 0 Å². The molecule has 3 saturated carbocycles. The maximum absolute atomic E-state index is 13.2. The van der Waals surface area contributed by atoms with Crippen molar-refractivity contribution in [2.24, 2.45) is 34.5 Å². The normalized spacial score (nSPS) is 41.6. The zero-order chi connectivity index (χ0) is 24.9. The number of carbonyl (C=O) groups excluding carboxylic acids is 3. The number of aliphatic hydroxyl groups excluding tert-OH is 2. The minimum absolute atomic E-state index is 0.0150. The van der Waals surface area contributed by atoms with Gasteiger partial charge in [-0.05, 0) is 62.0 Å². The van der Waals surface area contributed by atoms with E-state index in [1.807, 2.05) is 26.8 Å². The van der Waals surface area contributed by atoms with Gasteiger partial charge in [0.2, 0.25) is 5.78 Å². The number of aliphatic hydroxyl groups is 2. The van der Waals surface area contributed by atoms with E-state index in [1.165, 1.54) is 0 Å². The average Bonchev–Trinajstić information content (AvgIpc) is 3.09. The van der Waals surface area contributed by atoms with Gasteiger partial charge in [-0.1, -0.05) is 45.8 Å². The van der Waals surface area contributed by atoms with Crippen LogP contribution in [0.25, 0.3) is 0 Å². The molecule has 0 aromatic heterocycles. The van der Waals surface area contributed by atoms with E-state index < -0.39 is 41.1 Å². The summed E-state index contributed by atoms with van der Waals surface area (Å²) in [6.07, 6.45) is 7.24. The van der Waals surface area contributed by atoms with Crippen LogP contribution in [-0.4, -0.2) is 52.9 Å². The van der Waals surface area contributed by atoms with Gasteiger partial charge >= 0.3 is 6.16 Å². The van der Waals surface area contributed by atoms with E-state index in [9.17, 15) is 24.6 Å². The summed E-state index contributed by atoms with van der Waals surface area (Å²) in [5, 5.41) is 21.4. The number of ketones is 2. The van der Waals surface area contributed by atoms with Gasteiger partial charge in [-0.2, -0.15) is 0 Å². The molecule has 0 saturated heterocycles. The summed E-state index contributed by atoms with van der Waals surface area (Å²) in [5.41, 5.74) is -1.71. The number of ether oxygens (including phenoxy) is 2. The van der Waals surface area contributed by atoms with Crippen molar-refractivity contribution < 1.29 is 34.1 Å². The van der Waals surface area contributed by atoms with Gasteiger partial charge in [0.05, 0.1) is 12.7 Å². The molecule has 7 nitrogen and oxygen atoms in total. The number of carbonyl (C=O) groups is 3. The van der Waals surface area contributed by atoms with Gasteiger partial charge in [-0.15, -0.1) is 0 Å². The number of hydrogen-bond donors (Lipinski definition) is 2. The van der Waals surface area contributed by atoms with Crippen molar-refractivity contribution in [1.29, 1.82) is 0 Å². The smallest absolute Gasteiger partial charge is 0.434 e. The Kier molecular flexibility index (Phi) is 6.58.